The molecule has 1 aliphatic rings. The van der Waals surface area contributed by atoms with Crippen molar-refractivity contribution in [3.8, 4) is 0 Å². The second-order valence-corrected chi connectivity index (χ2v) is 7.12. The summed E-state index contributed by atoms with van der Waals surface area (Å²) in [7, 11) is -1.15. The smallest absolute Gasteiger partial charge is 0.191 e. The van der Waals surface area contributed by atoms with Crippen LogP contribution in [0.25, 0.3) is 0 Å². The maximum Gasteiger partial charge on any atom is 0.191 e. The number of guanidine groups is 1. The van der Waals surface area contributed by atoms with Crippen molar-refractivity contribution in [2.75, 3.05) is 25.6 Å². The number of aliphatic imine (C=N–C) groups is 1. The Kier molecular flexibility index (Phi) is 5.24. The fourth-order valence-corrected chi connectivity index (χ4v) is 2.24. The van der Waals surface area contributed by atoms with Gasteiger partial charge in [-0.3, -0.25) is 4.99 Å². The number of hydrogen-bond acceptors (Lipinski definition) is 3. The summed E-state index contributed by atoms with van der Waals surface area (Å²) in [5.74, 6) is 1.76. The predicted molar refractivity (Wildman–Crippen MR) is 71.0 cm³/mol. The van der Waals surface area contributed by atoms with Crippen LogP contribution in [0.3, 0.4) is 0 Å². The molecule has 0 bridgehead atoms. The normalized spacial score (nSPS) is 18.9. The molecule has 1 fully saturated rings. The molecule has 0 radical (unpaired) electrons. The fourth-order valence-electron chi connectivity index (χ4n) is 1.45. The van der Waals surface area contributed by atoms with E-state index in [1.54, 1.807) is 7.05 Å². The van der Waals surface area contributed by atoms with Gasteiger partial charge in [0.2, 0.25) is 0 Å². The lowest BCUT2D eigenvalue weighted by molar-refractivity contribution is 0.580. The maximum absolute atomic E-state index is 11.0. The van der Waals surface area contributed by atoms with Crippen LogP contribution in [0.15, 0.2) is 4.99 Å². The zero-order valence-electron chi connectivity index (χ0n) is 10.9. The zero-order chi connectivity index (χ0) is 12.9. The standard InChI is InChI=1S/C11H23N3O2S/c1-9(6-7-17(3,15)16)14-11(12-2)13-8-10-4-5-10/h9-10H,4-8H2,1-3H3,(H2,12,13,14). The number of hydrogen-bond donors (Lipinski definition) is 2. The molecular weight excluding hydrogens is 238 g/mol. The number of nitrogens with zero attached hydrogens (tertiary/aromatic N) is 1. The van der Waals surface area contributed by atoms with Gasteiger partial charge in [-0.05, 0) is 32.1 Å². The van der Waals surface area contributed by atoms with Gasteiger partial charge >= 0.3 is 0 Å². The van der Waals surface area contributed by atoms with Gasteiger partial charge in [0.15, 0.2) is 5.96 Å². The molecule has 6 heteroatoms. The molecule has 1 atom stereocenters. The molecule has 1 unspecified atom stereocenters. The summed E-state index contributed by atoms with van der Waals surface area (Å²) in [6.45, 7) is 2.92. The second kappa shape index (κ2) is 6.23. The third-order valence-electron chi connectivity index (χ3n) is 2.78. The first-order valence-corrected chi connectivity index (χ1v) is 8.11. The molecule has 1 saturated carbocycles. The van der Waals surface area contributed by atoms with E-state index in [-0.39, 0.29) is 11.8 Å². The van der Waals surface area contributed by atoms with Crippen molar-refractivity contribution in [1.29, 1.82) is 0 Å². The van der Waals surface area contributed by atoms with Crippen molar-refractivity contribution in [2.45, 2.75) is 32.2 Å². The zero-order valence-corrected chi connectivity index (χ0v) is 11.7. The van der Waals surface area contributed by atoms with E-state index in [4.69, 9.17) is 0 Å². The number of nitrogens with one attached hydrogen (secondary N) is 2. The van der Waals surface area contributed by atoms with Crippen molar-refractivity contribution >= 4 is 15.8 Å². The van der Waals surface area contributed by atoms with E-state index < -0.39 is 9.84 Å². The van der Waals surface area contributed by atoms with Gasteiger partial charge in [0.25, 0.3) is 0 Å². The van der Waals surface area contributed by atoms with E-state index in [0.717, 1.165) is 18.4 Å². The van der Waals surface area contributed by atoms with Crippen LogP contribution in [0.1, 0.15) is 26.2 Å². The molecule has 0 aromatic heterocycles. The molecule has 0 aromatic rings. The number of rotatable bonds is 6. The van der Waals surface area contributed by atoms with Crippen LogP contribution in [0, 0.1) is 5.92 Å². The summed E-state index contributed by atoms with van der Waals surface area (Å²) in [6, 6.07) is 0.107. The molecule has 100 valence electrons. The van der Waals surface area contributed by atoms with Crippen molar-refractivity contribution in [3.63, 3.8) is 0 Å². The highest BCUT2D eigenvalue weighted by molar-refractivity contribution is 7.90. The van der Waals surface area contributed by atoms with Gasteiger partial charge in [0.1, 0.15) is 9.84 Å². The minimum absolute atomic E-state index is 0.107. The minimum Gasteiger partial charge on any atom is -0.356 e. The largest absolute Gasteiger partial charge is 0.356 e. The predicted octanol–water partition coefficient (Wildman–Crippen LogP) is 0.385. The van der Waals surface area contributed by atoms with Crippen molar-refractivity contribution in [1.82, 2.24) is 10.6 Å². The van der Waals surface area contributed by atoms with E-state index in [0.29, 0.717) is 6.42 Å². The highest BCUT2D eigenvalue weighted by atomic mass is 32.2. The van der Waals surface area contributed by atoms with Crippen LogP contribution in [-0.2, 0) is 9.84 Å². The lowest BCUT2D eigenvalue weighted by atomic mass is 10.3. The Morgan fingerprint density at radius 3 is 2.59 bits per heavy atom. The highest BCUT2D eigenvalue weighted by Gasteiger charge is 2.21. The summed E-state index contributed by atoms with van der Waals surface area (Å²) in [6.07, 6.45) is 4.46. The van der Waals surface area contributed by atoms with Crippen LogP contribution < -0.4 is 10.6 Å². The Labute approximate surface area is 104 Å². The Morgan fingerprint density at radius 1 is 1.47 bits per heavy atom. The average molecular weight is 261 g/mol. The van der Waals surface area contributed by atoms with Crippen molar-refractivity contribution < 1.29 is 8.42 Å². The molecule has 0 aliphatic heterocycles. The Morgan fingerprint density at radius 2 is 2.12 bits per heavy atom. The Balaban J connectivity index is 2.24. The third kappa shape index (κ3) is 7.20. The fraction of sp³-hybridized carbons (Fsp3) is 0.909. The van der Waals surface area contributed by atoms with Gasteiger partial charge in [-0.2, -0.15) is 0 Å². The van der Waals surface area contributed by atoms with Crippen LogP contribution in [-0.4, -0.2) is 46.0 Å². The van der Waals surface area contributed by atoms with E-state index in [1.165, 1.54) is 19.1 Å². The molecular formula is C11H23N3O2S. The Bertz CT molecular complexity index is 361. The topological polar surface area (TPSA) is 70.6 Å². The minimum atomic E-state index is -2.88. The van der Waals surface area contributed by atoms with Crippen molar-refractivity contribution in [2.24, 2.45) is 10.9 Å². The van der Waals surface area contributed by atoms with Gasteiger partial charge in [-0.15, -0.1) is 0 Å². The highest BCUT2D eigenvalue weighted by Crippen LogP contribution is 2.27. The molecule has 1 rings (SSSR count). The molecule has 0 aromatic carbocycles. The van der Waals surface area contributed by atoms with E-state index in [9.17, 15) is 8.42 Å². The lowest BCUT2D eigenvalue weighted by Gasteiger charge is -2.17. The van der Waals surface area contributed by atoms with Gasteiger partial charge in [0.05, 0.1) is 5.75 Å². The van der Waals surface area contributed by atoms with Crippen LogP contribution in [0.2, 0.25) is 0 Å². The van der Waals surface area contributed by atoms with Crippen LogP contribution >= 0.6 is 0 Å². The molecule has 0 amide bonds. The first-order chi connectivity index (χ1) is 7.90. The molecule has 5 nitrogen and oxygen atoms in total. The first-order valence-electron chi connectivity index (χ1n) is 6.05. The lowest BCUT2D eigenvalue weighted by Crippen LogP contribution is -2.43. The number of sulfone groups is 1. The van der Waals surface area contributed by atoms with Gasteiger partial charge in [0, 0.05) is 25.9 Å². The molecule has 2 N–H and O–H groups in total. The third-order valence-corrected chi connectivity index (χ3v) is 3.76. The molecule has 17 heavy (non-hydrogen) atoms. The summed E-state index contributed by atoms with van der Waals surface area (Å²) >= 11 is 0. The average Bonchev–Trinajstić information content (AvgIpc) is 3.04. The monoisotopic (exact) mass is 261 g/mol. The molecule has 0 spiro atoms. The van der Waals surface area contributed by atoms with Crippen LogP contribution in [0.5, 0.6) is 0 Å². The summed E-state index contributed by atoms with van der Waals surface area (Å²) < 4.78 is 22.1. The summed E-state index contributed by atoms with van der Waals surface area (Å²) in [4.78, 5) is 4.12. The SMILES string of the molecule is CN=C(NCC1CC1)NC(C)CCS(C)(=O)=O. The van der Waals surface area contributed by atoms with Gasteiger partial charge < -0.3 is 10.6 Å². The molecule has 0 saturated heterocycles. The van der Waals surface area contributed by atoms with Crippen molar-refractivity contribution in [3.05, 3.63) is 0 Å². The molecule has 1 aliphatic carbocycles. The quantitative estimate of drug-likeness (QED) is 0.536. The van der Waals surface area contributed by atoms with E-state index >= 15 is 0 Å². The Hall–Kier alpha value is -0.780. The summed E-state index contributed by atoms with van der Waals surface area (Å²) in [5, 5.41) is 6.45. The van der Waals surface area contributed by atoms with Crippen LogP contribution in [0.4, 0.5) is 0 Å². The maximum atomic E-state index is 11.0. The first kappa shape index (κ1) is 14.3. The van der Waals surface area contributed by atoms with E-state index in [1.807, 2.05) is 6.92 Å². The second-order valence-electron chi connectivity index (χ2n) is 4.86. The van der Waals surface area contributed by atoms with Gasteiger partial charge in [-0.25, -0.2) is 8.42 Å². The van der Waals surface area contributed by atoms with Gasteiger partial charge in [-0.1, -0.05) is 0 Å². The van der Waals surface area contributed by atoms with E-state index in [2.05, 4.69) is 15.6 Å². The molecule has 0 heterocycles. The summed E-state index contributed by atoms with van der Waals surface area (Å²) in [5.41, 5.74) is 0.